The Morgan fingerprint density at radius 3 is 2.44 bits per heavy atom. The molecule has 4 rings (SSSR count). The summed E-state index contributed by atoms with van der Waals surface area (Å²) in [6, 6.07) is 14.8. The van der Waals surface area contributed by atoms with Crippen molar-refractivity contribution >= 4 is 43.7 Å². The topological polar surface area (TPSA) is 60.9 Å². The van der Waals surface area contributed by atoms with Crippen LogP contribution < -0.4 is 0 Å². The summed E-state index contributed by atoms with van der Waals surface area (Å²) in [5.41, 5.74) is 0.884. The fourth-order valence-corrected chi connectivity index (χ4v) is 6.47. The number of phenolic OH excluding ortho intramolecular Hbond substituents is 1. The SMILES string of the molecule is O=S(=O)(c1ccc(Cl)s1)N1CCN(Cc2c(O)ccc3ccccc23)CC1. The zero-order valence-corrected chi connectivity index (χ0v) is 16.9. The van der Waals surface area contributed by atoms with Crippen LogP contribution in [0, 0.1) is 0 Å². The van der Waals surface area contributed by atoms with E-state index in [0.29, 0.717) is 37.1 Å². The van der Waals surface area contributed by atoms with Crippen LogP contribution in [0.5, 0.6) is 5.75 Å². The summed E-state index contributed by atoms with van der Waals surface area (Å²) < 4.78 is 27.7. The monoisotopic (exact) mass is 422 g/mol. The molecule has 0 aliphatic carbocycles. The van der Waals surface area contributed by atoms with Crippen LogP contribution in [0.15, 0.2) is 52.7 Å². The van der Waals surface area contributed by atoms with Gasteiger partial charge in [0.2, 0.25) is 0 Å². The molecule has 8 heteroatoms. The molecule has 1 aliphatic rings. The van der Waals surface area contributed by atoms with Crippen molar-refractivity contribution in [2.45, 2.75) is 10.8 Å². The van der Waals surface area contributed by atoms with Gasteiger partial charge in [-0.15, -0.1) is 11.3 Å². The number of rotatable bonds is 4. The number of aromatic hydroxyl groups is 1. The second kappa shape index (κ2) is 7.41. The van der Waals surface area contributed by atoms with Gasteiger partial charge >= 0.3 is 0 Å². The molecule has 1 fully saturated rings. The van der Waals surface area contributed by atoms with Gasteiger partial charge in [0.15, 0.2) is 0 Å². The van der Waals surface area contributed by atoms with E-state index in [1.807, 2.05) is 30.3 Å². The summed E-state index contributed by atoms with van der Waals surface area (Å²) in [7, 11) is -3.49. The first-order valence-corrected chi connectivity index (χ1v) is 11.3. The van der Waals surface area contributed by atoms with Crippen molar-refractivity contribution in [2.75, 3.05) is 26.2 Å². The lowest BCUT2D eigenvalue weighted by atomic mass is 10.0. The average Bonchev–Trinajstić information content (AvgIpc) is 3.12. The molecule has 1 aromatic heterocycles. The van der Waals surface area contributed by atoms with Crippen molar-refractivity contribution in [3.63, 3.8) is 0 Å². The van der Waals surface area contributed by atoms with Crippen molar-refractivity contribution in [3.8, 4) is 5.75 Å². The van der Waals surface area contributed by atoms with Gasteiger partial charge in [-0.25, -0.2) is 8.42 Å². The summed E-state index contributed by atoms with van der Waals surface area (Å²) in [5.74, 6) is 0.275. The van der Waals surface area contributed by atoms with E-state index in [0.717, 1.165) is 27.7 Å². The molecule has 0 amide bonds. The molecule has 0 unspecified atom stereocenters. The lowest BCUT2D eigenvalue weighted by Gasteiger charge is -2.34. The number of phenols is 1. The van der Waals surface area contributed by atoms with Gasteiger partial charge in [-0.1, -0.05) is 41.9 Å². The van der Waals surface area contributed by atoms with Crippen molar-refractivity contribution in [2.24, 2.45) is 0 Å². The van der Waals surface area contributed by atoms with Gasteiger partial charge in [-0.3, -0.25) is 4.90 Å². The molecule has 0 bridgehead atoms. The first kappa shape index (κ1) is 18.7. The normalized spacial score (nSPS) is 16.8. The van der Waals surface area contributed by atoms with Crippen LogP contribution in [-0.4, -0.2) is 48.9 Å². The maximum absolute atomic E-state index is 12.7. The van der Waals surface area contributed by atoms with E-state index in [4.69, 9.17) is 11.6 Å². The van der Waals surface area contributed by atoms with Gasteiger partial charge < -0.3 is 5.11 Å². The second-order valence-electron chi connectivity index (χ2n) is 6.52. The molecule has 2 aromatic carbocycles. The molecule has 1 aliphatic heterocycles. The Labute approximate surface area is 167 Å². The Morgan fingerprint density at radius 1 is 1.00 bits per heavy atom. The molecule has 1 saturated heterocycles. The lowest BCUT2D eigenvalue weighted by molar-refractivity contribution is 0.181. The number of sulfonamides is 1. The fraction of sp³-hybridized carbons (Fsp3) is 0.263. The highest BCUT2D eigenvalue weighted by molar-refractivity contribution is 7.91. The Balaban J connectivity index is 1.49. The highest BCUT2D eigenvalue weighted by Gasteiger charge is 2.30. The Hall–Kier alpha value is -1.64. The van der Waals surface area contributed by atoms with Crippen LogP contribution in [0.1, 0.15) is 5.56 Å². The predicted molar refractivity (Wildman–Crippen MR) is 109 cm³/mol. The Kier molecular flexibility index (Phi) is 5.13. The molecular formula is C19H19ClN2O3S2. The second-order valence-corrected chi connectivity index (χ2v) is 10.4. The minimum Gasteiger partial charge on any atom is -0.508 e. The number of thiophene rings is 1. The number of hydrogen-bond donors (Lipinski definition) is 1. The average molecular weight is 423 g/mol. The number of benzene rings is 2. The third-order valence-corrected chi connectivity index (χ3v) is 8.47. The molecular weight excluding hydrogens is 404 g/mol. The third kappa shape index (κ3) is 3.70. The van der Waals surface area contributed by atoms with Gasteiger partial charge in [0.05, 0.1) is 4.34 Å². The van der Waals surface area contributed by atoms with E-state index < -0.39 is 10.0 Å². The summed E-state index contributed by atoms with van der Waals surface area (Å²) in [5, 5.41) is 12.4. The number of piperazine rings is 1. The quantitative estimate of drug-likeness (QED) is 0.695. The van der Waals surface area contributed by atoms with Gasteiger partial charge in [-0.05, 0) is 29.0 Å². The molecule has 2 heterocycles. The van der Waals surface area contributed by atoms with E-state index in [-0.39, 0.29) is 9.96 Å². The standard InChI is InChI=1S/C19H19ClN2O3S2/c20-18-7-8-19(26-18)27(24,25)22-11-9-21(10-12-22)13-16-15-4-2-1-3-14(15)5-6-17(16)23/h1-8,23H,9-13H2. The zero-order valence-electron chi connectivity index (χ0n) is 14.5. The van der Waals surface area contributed by atoms with Gasteiger partial charge in [0.25, 0.3) is 10.0 Å². The van der Waals surface area contributed by atoms with Crippen LogP contribution in [0.2, 0.25) is 4.34 Å². The van der Waals surface area contributed by atoms with Gasteiger partial charge in [0.1, 0.15) is 9.96 Å². The zero-order chi connectivity index (χ0) is 19.0. The Bertz CT molecular complexity index is 1070. The Morgan fingerprint density at radius 2 is 1.74 bits per heavy atom. The molecule has 3 aromatic rings. The molecule has 27 heavy (non-hydrogen) atoms. The maximum Gasteiger partial charge on any atom is 0.252 e. The largest absolute Gasteiger partial charge is 0.508 e. The van der Waals surface area contributed by atoms with Crippen molar-refractivity contribution < 1.29 is 13.5 Å². The van der Waals surface area contributed by atoms with E-state index in [1.165, 1.54) is 4.31 Å². The van der Waals surface area contributed by atoms with E-state index >= 15 is 0 Å². The minimum atomic E-state index is -3.49. The number of halogens is 1. The van der Waals surface area contributed by atoms with E-state index in [9.17, 15) is 13.5 Å². The summed E-state index contributed by atoms with van der Waals surface area (Å²) in [6.07, 6.45) is 0. The van der Waals surface area contributed by atoms with Crippen molar-refractivity contribution in [1.29, 1.82) is 0 Å². The molecule has 0 saturated carbocycles. The summed E-state index contributed by atoms with van der Waals surface area (Å²) in [6.45, 7) is 2.65. The fourth-order valence-electron chi connectivity index (χ4n) is 3.41. The lowest BCUT2D eigenvalue weighted by Crippen LogP contribution is -2.48. The number of fused-ring (bicyclic) bond motifs is 1. The maximum atomic E-state index is 12.7. The van der Waals surface area contributed by atoms with E-state index in [2.05, 4.69) is 4.90 Å². The molecule has 0 atom stereocenters. The summed E-state index contributed by atoms with van der Waals surface area (Å²) in [4.78, 5) is 2.18. The van der Waals surface area contributed by atoms with Crippen molar-refractivity contribution in [3.05, 3.63) is 58.4 Å². The number of hydrogen-bond acceptors (Lipinski definition) is 5. The van der Waals surface area contributed by atoms with Gasteiger partial charge in [-0.2, -0.15) is 4.31 Å². The van der Waals surface area contributed by atoms with E-state index in [1.54, 1.807) is 18.2 Å². The highest BCUT2D eigenvalue weighted by atomic mass is 35.5. The van der Waals surface area contributed by atoms with Crippen LogP contribution in [0.4, 0.5) is 0 Å². The first-order valence-electron chi connectivity index (χ1n) is 8.62. The van der Waals surface area contributed by atoms with Crippen LogP contribution in [-0.2, 0) is 16.6 Å². The summed E-state index contributed by atoms with van der Waals surface area (Å²) >= 11 is 6.97. The van der Waals surface area contributed by atoms with Crippen LogP contribution in [0.25, 0.3) is 10.8 Å². The molecule has 5 nitrogen and oxygen atoms in total. The van der Waals surface area contributed by atoms with Gasteiger partial charge in [0, 0.05) is 38.3 Å². The number of nitrogens with zero attached hydrogens (tertiary/aromatic N) is 2. The molecule has 142 valence electrons. The first-order chi connectivity index (χ1) is 12.9. The third-order valence-electron chi connectivity index (χ3n) is 4.87. The highest BCUT2D eigenvalue weighted by Crippen LogP contribution is 2.30. The minimum absolute atomic E-state index is 0.275. The smallest absolute Gasteiger partial charge is 0.252 e. The molecule has 0 spiro atoms. The van der Waals surface area contributed by atoms with Crippen LogP contribution in [0.3, 0.4) is 0 Å². The van der Waals surface area contributed by atoms with Crippen LogP contribution >= 0.6 is 22.9 Å². The predicted octanol–water partition coefficient (Wildman–Crippen LogP) is 3.77. The van der Waals surface area contributed by atoms with Crippen molar-refractivity contribution in [1.82, 2.24) is 9.21 Å². The molecule has 1 N–H and O–H groups in total. The molecule has 0 radical (unpaired) electrons.